The number of hydrogen-bond donors (Lipinski definition) is 0. The molecule has 2 heterocycles. The monoisotopic (exact) mass is 286 g/mol. The number of amidine groups is 1. The van der Waals surface area contributed by atoms with E-state index in [1.54, 1.807) is 0 Å². The zero-order chi connectivity index (χ0) is 14.0. The molecule has 6 unspecified atom stereocenters. The van der Waals surface area contributed by atoms with Crippen molar-refractivity contribution in [1.82, 2.24) is 4.90 Å². The number of piperidine rings is 1. The molecule has 3 nitrogen and oxygen atoms in total. The molecule has 1 saturated heterocycles. The van der Waals surface area contributed by atoms with Crippen molar-refractivity contribution in [2.75, 3.05) is 0 Å². The van der Waals surface area contributed by atoms with Crippen molar-refractivity contribution in [3.8, 4) is 0 Å². The molecule has 5 rings (SSSR count). The summed E-state index contributed by atoms with van der Waals surface area (Å²) in [7, 11) is 0. The minimum absolute atomic E-state index is 0.341. The fourth-order valence-corrected chi connectivity index (χ4v) is 6.32. The van der Waals surface area contributed by atoms with Crippen LogP contribution in [0.15, 0.2) is 4.99 Å². The van der Waals surface area contributed by atoms with Crippen molar-refractivity contribution >= 4 is 11.7 Å². The Labute approximate surface area is 127 Å². The second kappa shape index (κ2) is 4.57. The zero-order valence-electron chi connectivity index (χ0n) is 12.8. The van der Waals surface area contributed by atoms with Crippen LogP contribution in [-0.4, -0.2) is 28.7 Å². The summed E-state index contributed by atoms with van der Waals surface area (Å²) < 4.78 is 0. The van der Waals surface area contributed by atoms with Crippen molar-refractivity contribution in [2.45, 2.75) is 76.3 Å². The maximum Gasteiger partial charge on any atom is 0.231 e. The predicted molar refractivity (Wildman–Crippen MR) is 82.0 cm³/mol. The Morgan fingerprint density at radius 1 is 0.857 bits per heavy atom. The molecule has 0 aromatic carbocycles. The van der Waals surface area contributed by atoms with Crippen molar-refractivity contribution in [1.29, 1.82) is 0 Å². The Balaban J connectivity index is 1.56. The number of nitrogens with zero attached hydrogens (tertiary/aromatic N) is 2. The Morgan fingerprint density at radius 3 is 2.48 bits per heavy atom. The molecule has 0 aromatic heterocycles. The summed E-state index contributed by atoms with van der Waals surface area (Å²) in [5.74, 6) is 4.14. The van der Waals surface area contributed by atoms with E-state index in [0.717, 1.165) is 12.3 Å². The number of amides is 1. The van der Waals surface area contributed by atoms with Gasteiger partial charge in [-0.15, -0.1) is 0 Å². The van der Waals surface area contributed by atoms with Crippen LogP contribution in [0.2, 0.25) is 0 Å². The summed E-state index contributed by atoms with van der Waals surface area (Å²) in [6.07, 6.45) is 12.8. The van der Waals surface area contributed by atoms with Crippen molar-refractivity contribution in [3.63, 3.8) is 0 Å². The molecule has 3 saturated carbocycles. The lowest BCUT2D eigenvalue weighted by molar-refractivity contribution is -0.142. The van der Waals surface area contributed by atoms with E-state index in [4.69, 9.17) is 4.99 Å². The van der Waals surface area contributed by atoms with E-state index in [2.05, 4.69) is 4.90 Å². The number of hydrogen-bond acceptors (Lipinski definition) is 2. The molecule has 21 heavy (non-hydrogen) atoms. The minimum Gasteiger partial charge on any atom is -0.295 e. The zero-order valence-corrected chi connectivity index (χ0v) is 12.8. The fourth-order valence-electron chi connectivity index (χ4n) is 6.32. The third kappa shape index (κ3) is 1.66. The van der Waals surface area contributed by atoms with Gasteiger partial charge in [-0.25, -0.2) is 0 Å². The number of aliphatic imine (C=N–C) groups is 1. The Bertz CT molecular complexity index is 497. The average molecular weight is 286 g/mol. The van der Waals surface area contributed by atoms with Crippen molar-refractivity contribution < 1.29 is 4.79 Å². The molecule has 3 aliphatic carbocycles. The molecule has 0 spiro atoms. The second-order valence-electron chi connectivity index (χ2n) is 8.03. The summed E-state index contributed by atoms with van der Waals surface area (Å²) >= 11 is 0. The molecule has 0 aromatic rings. The van der Waals surface area contributed by atoms with Crippen LogP contribution in [0, 0.1) is 23.7 Å². The second-order valence-corrected chi connectivity index (χ2v) is 8.03. The third-order valence-electron chi connectivity index (χ3n) is 7.11. The van der Waals surface area contributed by atoms with Gasteiger partial charge in [0, 0.05) is 11.8 Å². The Morgan fingerprint density at radius 2 is 1.62 bits per heavy atom. The lowest BCUT2D eigenvalue weighted by atomic mass is 9.58. The summed E-state index contributed by atoms with van der Waals surface area (Å²) in [6.45, 7) is 0. The molecule has 3 heteroatoms. The number of carbonyl (C=O) groups excluding carboxylic acids is 1. The average Bonchev–Trinajstić information content (AvgIpc) is 2.92. The standard InChI is InChI=1S/C18H26N2O/c21-18-13-8-4-6-11-5-3-7-12(16(11)13)17-19-14-9-1-2-10-15(14)20(17)18/h11-16H,1-10H2. The molecule has 4 fully saturated rings. The quantitative estimate of drug-likeness (QED) is 0.672. The summed E-state index contributed by atoms with van der Waals surface area (Å²) in [6, 6.07) is 0.878. The van der Waals surface area contributed by atoms with Gasteiger partial charge in [0.05, 0.1) is 12.1 Å². The topological polar surface area (TPSA) is 32.7 Å². The maximum absolute atomic E-state index is 13.2. The highest BCUT2D eigenvalue weighted by atomic mass is 16.2. The SMILES string of the molecule is O=C1C2CCCC3CCCC(C4=NC5CCCCC5N14)C32. The highest BCUT2D eigenvalue weighted by molar-refractivity contribution is 6.05. The molecular weight excluding hydrogens is 260 g/mol. The van der Waals surface area contributed by atoms with Gasteiger partial charge in [0.2, 0.25) is 5.91 Å². The highest BCUT2D eigenvalue weighted by Crippen LogP contribution is 2.53. The summed E-state index contributed by atoms with van der Waals surface area (Å²) in [4.78, 5) is 20.5. The van der Waals surface area contributed by atoms with E-state index in [1.165, 1.54) is 63.6 Å². The first-order valence-corrected chi connectivity index (χ1v) is 9.25. The first kappa shape index (κ1) is 12.7. The Kier molecular flexibility index (Phi) is 2.75. The summed E-state index contributed by atoms with van der Waals surface area (Å²) in [5.41, 5.74) is 0. The van der Waals surface area contributed by atoms with E-state index in [0.29, 0.717) is 35.7 Å². The van der Waals surface area contributed by atoms with Crippen LogP contribution < -0.4 is 0 Å². The van der Waals surface area contributed by atoms with Gasteiger partial charge < -0.3 is 0 Å². The van der Waals surface area contributed by atoms with Gasteiger partial charge in [0.15, 0.2) is 0 Å². The Hall–Kier alpha value is -0.860. The van der Waals surface area contributed by atoms with Gasteiger partial charge in [0.25, 0.3) is 0 Å². The van der Waals surface area contributed by atoms with Crippen LogP contribution in [0.1, 0.15) is 64.2 Å². The smallest absolute Gasteiger partial charge is 0.231 e. The maximum atomic E-state index is 13.2. The highest BCUT2D eigenvalue weighted by Gasteiger charge is 2.56. The third-order valence-corrected chi connectivity index (χ3v) is 7.11. The molecule has 5 aliphatic rings. The molecule has 6 atom stereocenters. The largest absolute Gasteiger partial charge is 0.295 e. The number of carbonyl (C=O) groups is 1. The summed E-state index contributed by atoms with van der Waals surface area (Å²) in [5, 5.41) is 0. The first-order valence-electron chi connectivity index (χ1n) is 9.25. The van der Waals surface area contributed by atoms with Crippen LogP contribution in [0.25, 0.3) is 0 Å². The van der Waals surface area contributed by atoms with E-state index >= 15 is 0 Å². The van der Waals surface area contributed by atoms with Crippen LogP contribution in [-0.2, 0) is 4.79 Å². The first-order chi connectivity index (χ1) is 10.3. The predicted octanol–water partition coefficient (Wildman–Crippen LogP) is 3.38. The van der Waals surface area contributed by atoms with Gasteiger partial charge in [-0.2, -0.15) is 0 Å². The van der Waals surface area contributed by atoms with E-state index in [1.807, 2.05) is 0 Å². The van der Waals surface area contributed by atoms with Crippen LogP contribution >= 0.6 is 0 Å². The molecule has 114 valence electrons. The van der Waals surface area contributed by atoms with Crippen LogP contribution in [0.5, 0.6) is 0 Å². The van der Waals surface area contributed by atoms with Gasteiger partial charge in [-0.1, -0.05) is 38.5 Å². The number of fused-ring (bicyclic) bond motifs is 4. The van der Waals surface area contributed by atoms with Gasteiger partial charge in [-0.3, -0.25) is 14.7 Å². The van der Waals surface area contributed by atoms with E-state index in [9.17, 15) is 4.79 Å². The van der Waals surface area contributed by atoms with Gasteiger partial charge >= 0.3 is 0 Å². The van der Waals surface area contributed by atoms with Gasteiger partial charge in [-0.05, 0) is 37.5 Å². The molecular formula is C18H26N2O. The van der Waals surface area contributed by atoms with Crippen LogP contribution in [0.4, 0.5) is 0 Å². The lowest BCUT2D eigenvalue weighted by Gasteiger charge is -2.52. The molecule has 0 N–H and O–H groups in total. The van der Waals surface area contributed by atoms with Crippen LogP contribution in [0.3, 0.4) is 0 Å². The van der Waals surface area contributed by atoms with E-state index in [-0.39, 0.29) is 0 Å². The molecule has 2 aliphatic heterocycles. The molecule has 1 amide bonds. The van der Waals surface area contributed by atoms with Crippen molar-refractivity contribution in [2.24, 2.45) is 28.7 Å². The van der Waals surface area contributed by atoms with Gasteiger partial charge in [0.1, 0.15) is 5.84 Å². The van der Waals surface area contributed by atoms with Crippen molar-refractivity contribution in [3.05, 3.63) is 0 Å². The number of rotatable bonds is 0. The lowest BCUT2D eigenvalue weighted by Crippen LogP contribution is -2.59. The normalized spacial score (nSPS) is 48.3. The minimum atomic E-state index is 0.341. The molecule has 0 bridgehead atoms. The fraction of sp³-hybridized carbons (Fsp3) is 0.889. The van der Waals surface area contributed by atoms with E-state index < -0.39 is 0 Å². The molecule has 0 radical (unpaired) electrons.